The molecular weight excluding hydrogens is 318 g/mol. The third kappa shape index (κ3) is 3.83. The van der Waals surface area contributed by atoms with Crippen LogP contribution in [0.5, 0.6) is 5.95 Å². The lowest BCUT2D eigenvalue weighted by atomic mass is 10.1. The highest BCUT2D eigenvalue weighted by molar-refractivity contribution is 5.23. The van der Waals surface area contributed by atoms with Crippen LogP contribution < -0.4 is 10.5 Å². The minimum Gasteiger partial charge on any atom is -0.467 e. The van der Waals surface area contributed by atoms with Crippen LogP contribution in [0, 0.1) is 0 Å². The summed E-state index contributed by atoms with van der Waals surface area (Å²) in [4.78, 5) is 12.3. The molecule has 1 unspecified atom stereocenters. The molecule has 25 heavy (non-hydrogen) atoms. The molecule has 0 radical (unpaired) electrons. The number of nitrogens with zero attached hydrogens (tertiary/aromatic N) is 1. The zero-order valence-electron chi connectivity index (χ0n) is 14.3. The van der Waals surface area contributed by atoms with Gasteiger partial charge in [-0.25, -0.2) is 4.79 Å². The van der Waals surface area contributed by atoms with Gasteiger partial charge >= 0.3 is 11.7 Å². The lowest BCUT2D eigenvalue weighted by Crippen LogP contribution is -2.22. The van der Waals surface area contributed by atoms with Crippen LogP contribution in [0.15, 0.2) is 69.9 Å². The van der Waals surface area contributed by atoms with E-state index < -0.39 is 5.76 Å². The standard InChI is InChI=1S/C20H21NO4/c1-15(17-11-7-4-8-12-17)21-18(19(23-2)25-20(21)22)14-24-13-16-9-5-3-6-10-16/h3-12,15H,13-14H2,1-2H3. The SMILES string of the molecule is COc1oc(=O)n(C(C)c2ccccc2)c1COCc1ccccc1. The van der Waals surface area contributed by atoms with Crippen molar-refractivity contribution >= 4 is 0 Å². The van der Waals surface area contributed by atoms with E-state index in [-0.39, 0.29) is 18.6 Å². The second kappa shape index (κ2) is 7.85. The smallest absolute Gasteiger partial charge is 0.422 e. The van der Waals surface area contributed by atoms with E-state index in [0.717, 1.165) is 11.1 Å². The summed E-state index contributed by atoms with van der Waals surface area (Å²) in [5, 5.41) is 0. The molecular formula is C20H21NO4. The molecule has 0 aliphatic rings. The Hall–Kier alpha value is -2.79. The van der Waals surface area contributed by atoms with Crippen LogP contribution in [0.3, 0.4) is 0 Å². The Balaban J connectivity index is 1.83. The van der Waals surface area contributed by atoms with Gasteiger partial charge < -0.3 is 13.9 Å². The molecule has 2 aromatic carbocycles. The first-order chi connectivity index (χ1) is 12.2. The van der Waals surface area contributed by atoms with Gasteiger partial charge in [0.15, 0.2) is 0 Å². The van der Waals surface area contributed by atoms with Crippen LogP contribution in [0.1, 0.15) is 29.8 Å². The van der Waals surface area contributed by atoms with Crippen molar-refractivity contribution in [3.63, 3.8) is 0 Å². The molecule has 0 amide bonds. The first kappa shape index (κ1) is 17.0. The Morgan fingerprint density at radius 2 is 1.64 bits per heavy atom. The highest BCUT2D eigenvalue weighted by Crippen LogP contribution is 2.25. The molecule has 0 N–H and O–H groups in total. The fourth-order valence-corrected chi connectivity index (χ4v) is 2.80. The summed E-state index contributed by atoms with van der Waals surface area (Å²) in [6.07, 6.45) is 0. The minimum absolute atomic E-state index is 0.184. The molecule has 0 bridgehead atoms. The number of ether oxygens (including phenoxy) is 2. The molecule has 3 rings (SSSR count). The molecule has 1 atom stereocenters. The largest absolute Gasteiger partial charge is 0.467 e. The van der Waals surface area contributed by atoms with Crippen molar-refractivity contribution < 1.29 is 13.9 Å². The van der Waals surface area contributed by atoms with Crippen LogP contribution in [0.4, 0.5) is 0 Å². The fraction of sp³-hybridized carbons (Fsp3) is 0.250. The van der Waals surface area contributed by atoms with E-state index in [1.165, 1.54) is 7.11 Å². The molecule has 0 aliphatic carbocycles. The summed E-state index contributed by atoms with van der Waals surface area (Å²) in [5.74, 6) is -0.257. The van der Waals surface area contributed by atoms with E-state index in [9.17, 15) is 4.79 Å². The number of aromatic nitrogens is 1. The van der Waals surface area contributed by atoms with Gasteiger partial charge in [0.25, 0.3) is 0 Å². The summed E-state index contributed by atoms with van der Waals surface area (Å²) < 4.78 is 17.8. The third-order valence-electron chi connectivity index (χ3n) is 4.11. The summed E-state index contributed by atoms with van der Waals surface area (Å²) in [6, 6.07) is 19.5. The lowest BCUT2D eigenvalue weighted by Gasteiger charge is -2.15. The first-order valence-corrected chi connectivity index (χ1v) is 8.15. The highest BCUT2D eigenvalue weighted by Gasteiger charge is 2.22. The van der Waals surface area contributed by atoms with E-state index in [1.807, 2.05) is 67.6 Å². The summed E-state index contributed by atoms with van der Waals surface area (Å²) in [5.41, 5.74) is 2.67. The monoisotopic (exact) mass is 339 g/mol. The molecule has 5 nitrogen and oxygen atoms in total. The van der Waals surface area contributed by atoms with Crippen LogP contribution >= 0.6 is 0 Å². The molecule has 5 heteroatoms. The Morgan fingerprint density at radius 1 is 1.00 bits per heavy atom. The zero-order valence-corrected chi connectivity index (χ0v) is 14.3. The molecule has 3 aromatic rings. The number of methoxy groups -OCH3 is 1. The summed E-state index contributed by atoms with van der Waals surface area (Å²) in [6.45, 7) is 2.62. The number of rotatable bonds is 7. The maximum atomic E-state index is 12.3. The Morgan fingerprint density at radius 3 is 2.28 bits per heavy atom. The van der Waals surface area contributed by atoms with E-state index in [1.54, 1.807) is 4.57 Å². The molecule has 0 fully saturated rings. The van der Waals surface area contributed by atoms with Gasteiger partial charge in [0.1, 0.15) is 5.69 Å². The second-order valence-corrected chi connectivity index (χ2v) is 5.74. The van der Waals surface area contributed by atoms with Gasteiger partial charge in [-0.3, -0.25) is 4.57 Å². The number of hydrogen-bond acceptors (Lipinski definition) is 4. The maximum Gasteiger partial charge on any atom is 0.422 e. The van der Waals surface area contributed by atoms with Crippen LogP contribution in [-0.4, -0.2) is 11.7 Å². The average Bonchev–Trinajstić information content (AvgIpc) is 2.98. The number of hydrogen-bond donors (Lipinski definition) is 0. The minimum atomic E-state index is -0.452. The van der Waals surface area contributed by atoms with Gasteiger partial charge in [0.2, 0.25) is 0 Å². The topological polar surface area (TPSA) is 53.6 Å². The van der Waals surface area contributed by atoms with Crippen LogP contribution in [0.25, 0.3) is 0 Å². The quantitative estimate of drug-likeness (QED) is 0.657. The van der Waals surface area contributed by atoms with Crippen molar-refractivity contribution in [2.45, 2.75) is 26.2 Å². The number of oxazole rings is 1. The van der Waals surface area contributed by atoms with Crippen LogP contribution in [0.2, 0.25) is 0 Å². The predicted molar refractivity (Wildman–Crippen MR) is 94.7 cm³/mol. The van der Waals surface area contributed by atoms with E-state index >= 15 is 0 Å². The fourth-order valence-electron chi connectivity index (χ4n) is 2.80. The number of benzene rings is 2. The van der Waals surface area contributed by atoms with Gasteiger partial charge in [-0.15, -0.1) is 0 Å². The Labute approximate surface area is 146 Å². The van der Waals surface area contributed by atoms with Crippen molar-refractivity contribution in [1.29, 1.82) is 0 Å². The molecule has 0 spiro atoms. The van der Waals surface area contributed by atoms with Gasteiger partial charge in [-0.05, 0) is 18.1 Å². The molecule has 0 saturated heterocycles. The van der Waals surface area contributed by atoms with Gasteiger partial charge in [-0.1, -0.05) is 60.7 Å². The summed E-state index contributed by atoms with van der Waals surface area (Å²) >= 11 is 0. The van der Waals surface area contributed by atoms with Crippen LogP contribution in [-0.2, 0) is 18.0 Å². The third-order valence-corrected chi connectivity index (χ3v) is 4.11. The predicted octanol–water partition coefficient (Wildman–Crippen LogP) is 3.78. The van der Waals surface area contributed by atoms with E-state index in [4.69, 9.17) is 13.9 Å². The Kier molecular flexibility index (Phi) is 5.36. The first-order valence-electron chi connectivity index (χ1n) is 8.15. The molecule has 0 saturated carbocycles. The normalized spacial score (nSPS) is 12.1. The zero-order chi connectivity index (χ0) is 17.6. The molecule has 1 aromatic heterocycles. The molecule has 0 aliphatic heterocycles. The Bertz CT molecular complexity index is 852. The van der Waals surface area contributed by atoms with Gasteiger partial charge in [0.05, 0.1) is 26.4 Å². The highest BCUT2D eigenvalue weighted by atomic mass is 16.6. The van der Waals surface area contributed by atoms with Crippen molar-refractivity contribution in [2.24, 2.45) is 0 Å². The van der Waals surface area contributed by atoms with Crippen molar-refractivity contribution in [1.82, 2.24) is 4.57 Å². The lowest BCUT2D eigenvalue weighted by molar-refractivity contribution is 0.0986. The second-order valence-electron chi connectivity index (χ2n) is 5.74. The van der Waals surface area contributed by atoms with E-state index in [2.05, 4.69) is 0 Å². The van der Waals surface area contributed by atoms with Crippen molar-refractivity contribution in [3.8, 4) is 5.95 Å². The van der Waals surface area contributed by atoms with E-state index in [0.29, 0.717) is 12.3 Å². The summed E-state index contributed by atoms with van der Waals surface area (Å²) in [7, 11) is 1.48. The average molecular weight is 339 g/mol. The van der Waals surface area contributed by atoms with Gasteiger partial charge in [-0.2, -0.15) is 0 Å². The van der Waals surface area contributed by atoms with Crippen molar-refractivity contribution in [3.05, 3.63) is 88.0 Å². The van der Waals surface area contributed by atoms with Crippen molar-refractivity contribution in [2.75, 3.05) is 7.11 Å². The molecule has 130 valence electrons. The molecule has 1 heterocycles. The maximum absolute atomic E-state index is 12.3. The van der Waals surface area contributed by atoms with Gasteiger partial charge in [0, 0.05) is 0 Å².